The van der Waals surface area contributed by atoms with Crippen molar-refractivity contribution in [1.82, 2.24) is 0 Å². The third kappa shape index (κ3) is 2.62. The number of nitrogens with zero attached hydrogens (tertiary/aromatic N) is 1. The molecule has 1 aromatic carbocycles. The minimum atomic E-state index is -0.802. The Balaban J connectivity index is 1.49. The SMILES string of the molecule is NC1(c2cccc(OCCO[N+](=O)[O-])c2)C2CC3CC(C2)CC1C3. The van der Waals surface area contributed by atoms with Crippen molar-refractivity contribution in [3.05, 3.63) is 39.9 Å². The van der Waals surface area contributed by atoms with Crippen molar-refractivity contribution in [2.24, 2.45) is 29.4 Å². The van der Waals surface area contributed by atoms with Crippen LogP contribution in [-0.2, 0) is 10.4 Å². The van der Waals surface area contributed by atoms with Gasteiger partial charge in [-0.15, -0.1) is 10.1 Å². The van der Waals surface area contributed by atoms with E-state index in [1.165, 1.54) is 32.1 Å². The van der Waals surface area contributed by atoms with E-state index in [1.807, 2.05) is 18.2 Å². The van der Waals surface area contributed by atoms with E-state index in [-0.39, 0.29) is 18.8 Å². The Morgan fingerprint density at radius 1 is 1.12 bits per heavy atom. The molecule has 0 heterocycles. The fourth-order valence-corrected chi connectivity index (χ4v) is 5.56. The summed E-state index contributed by atoms with van der Waals surface area (Å²) >= 11 is 0. The van der Waals surface area contributed by atoms with Crippen LogP contribution in [0, 0.1) is 33.8 Å². The molecule has 4 saturated carbocycles. The molecule has 5 rings (SSSR count). The molecule has 4 aliphatic rings. The highest BCUT2D eigenvalue weighted by Gasteiger charge is 2.55. The number of hydrogen-bond donors (Lipinski definition) is 1. The quantitative estimate of drug-likeness (QED) is 0.492. The summed E-state index contributed by atoms with van der Waals surface area (Å²) in [6.07, 6.45) is 6.43. The molecule has 2 N–H and O–H groups in total. The highest BCUT2D eigenvalue weighted by Crippen LogP contribution is 2.60. The lowest BCUT2D eigenvalue weighted by atomic mass is 9.47. The fraction of sp³-hybridized carbons (Fsp3) is 0.667. The summed E-state index contributed by atoms with van der Waals surface area (Å²) in [4.78, 5) is 14.4. The summed E-state index contributed by atoms with van der Waals surface area (Å²) < 4.78 is 5.60. The van der Waals surface area contributed by atoms with Crippen molar-refractivity contribution < 1.29 is 14.7 Å². The van der Waals surface area contributed by atoms with E-state index in [4.69, 9.17) is 10.5 Å². The molecule has 0 aliphatic heterocycles. The molecule has 0 spiro atoms. The average molecular weight is 332 g/mol. The maximum atomic E-state index is 10.2. The van der Waals surface area contributed by atoms with Gasteiger partial charge in [0.15, 0.2) is 0 Å². The predicted octanol–water partition coefficient (Wildman–Crippen LogP) is 2.88. The normalized spacial score (nSPS) is 36.5. The first-order valence-electron chi connectivity index (χ1n) is 8.85. The minimum Gasteiger partial charge on any atom is -0.492 e. The number of ether oxygens (including phenoxy) is 1. The van der Waals surface area contributed by atoms with Crippen LogP contribution in [-0.4, -0.2) is 18.3 Å². The van der Waals surface area contributed by atoms with Crippen molar-refractivity contribution in [2.75, 3.05) is 13.2 Å². The monoisotopic (exact) mass is 332 g/mol. The molecule has 4 fully saturated rings. The van der Waals surface area contributed by atoms with Crippen LogP contribution in [0.4, 0.5) is 0 Å². The van der Waals surface area contributed by atoms with E-state index in [9.17, 15) is 10.1 Å². The number of rotatable bonds is 6. The molecule has 0 radical (unpaired) electrons. The van der Waals surface area contributed by atoms with Gasteiger partial charge in [0, 0.05) is 5.54 Å². The van der Waals surface area contributed by atoms with Gasteiger partial charge >= 0.3 is 0 Å². The predicted molar refractivity (Wildman–Crippen MR) is 87.8 cm³/mol. The zero-order chi connectivity index (χ0) is 16.7. The van der Waals surface area contributed by atoms with Crippen LogP contribution < -0.4 is 10.5 Å². The molecule has 24 heavy (non-hydrogen) atoms. The molecule has 4 bridgehead atoms. The first-order chi connectivity index (χ1) is 11.6. The molecule has 130 valence electrons. The van der Waals surface area contributed by atoms with Gasteiger partial charge in [0.2, 0.25) is 0 Å². The molecule has 0 aromatic heterocycles. The molecule has 6 heteroatoms. The van der Waals surface area contributed by atoms with Crippen LogP contribution in [0.15, 0.2) is 24.3 Å². The van der Waals surface area contributed by atoms with Crippen molar-refractivity contribution in [3.63, 3.8) is 0 Å². The fourth-order valence-electron chi connectivity index (χ4n) is 5.56. The zero-order valence-corrected chi connectivity index (χ0v) is 13.7. The first-order valence-corrected chi connectivity index (χ1v) is 8.85. The Morgan fingerprint density at radius 3 is 2.42 bits per heavy atom. The van der Waals surface area contributed by atoms with Gasteiger partial charge in [0.25, 0.3) is 5.09 Å². The third-order valence-electron chi connectivity index (χ3n) is 6.37. The van der Waals surface area contributed by atoms with Crippen molar-refractivity contribution in [2.45, 2.75) is 37.6 Å². The van der Waals surface area contributed by atoms with Gasteiger partial charge in [-0.1, -0.05) is 12.1 Å². The highest BCUT2D eigenvalue weighted by atomic mass is 17.0. The Hall–Kier alpha value is -1.82. The topological polar surface area (TPSA) is 87.6 Å². The maximum absolute atomic E-state index is 10.2. The van der Waals surface area contributed by atoms with Gasteiger partial charge in [-0.3, -0.25) is 0 Å². The maximum Gasteiger partial charge on any atom is 0.294 e. The van der Waals surface area contributed by atoms with E-state index in [1.54, 1.807) is 0 Å². The van der Waals surface area contributed by atoms with Crippen molar-refractivity contribution in [3.8, 4) is 5.75 Å². The smallest absolute Gasteiger partial charge is 0.294 e. The summed E-state index contributed by atoms with van der Waals surface area (Å²) in [6, 6.07) is 7.98. The van der Waals surface area contributed by atoms with Gasteiger partial charge in [-0.25, -0.2) is 0 Å². The van der Waals surface area contributed by atoms with E-state index < -0.39 is 5.09 Å². The molecular weight excluding hydrogens is 308 g/mol. The Kier molecular flexibility index (Phi) is 3.87. The minimum absolute atomic E-state index is 0.0698. The lowest BCUT2D eigenvalue weighted by molar-refractivity contribution is -0.757. The van der Waals surface area contributed by atoms with E-state index in [2.05, 4.69) is 10.9 Å². The Labute approximate surface area is 141 Å². The van der Waals surface area contributed by atoms with Crippen LogP contribution in [0.25, 0.3) is 0 Å². The summed E-state index contributed by atoms with van der Waals surface area (Å²) in [7, 11) is 0. The summed E-state index contributed by atoms with van der Waals surface area (Å²) in [5.74, 6) is 3.60. The Morgan fingerprint density at radius 2 is 1.79 bits per heavy atom. The molecule has 0 unspecified atom stereocenters. The van der Waals surface area contributed by atoms with Gasteiger partial charge in [0.05, 0.1) is 0 Å². The molecule has 6 nitrogen and oxygen atoms in total. The zero-order valence-electron chi connectivity index (χ0n) is 13.7. The third-order valence-corrected chi connectivity index (χ3v) is 6.37. The van der Waals surface area contributed by atoms with Crippen LogP contribution >= 0.6 is 0 Å². The second kappa shape index (κ2) is 5.92. The molecule has 0 amide bonds. The van der Waals surface area contributed by atoms with E-state index in [0.29, 0.717) is 17.6 Å². The summed E-state index contributed by atoms with van der Waals surface area (Å²) in [5, 5.41) is 9.36. The van der Waals surface area contributed by atoms with Crippen LogP contribution in [0.5, 0.6) is 5.75 Å². The van der Waals surface area contributed by atoms with Gasteiger partial charge in [-0.05, 0) is 73.5 Å². The summed E-state index contributed by atoms with van der Waals surface area (Å²) in [5.41, 5.74) is 7.92. The van der Waals surface area contributed by atoms with Crippen molar-refractivity contribution in [1.29, 1.82) is 0 Å². The van der Waals surface area contributed by atoms with Gasteiger partial charge < -0.3 is 15.3 Å². The second-order valence-corrected chi connectivity index (χ2v) is 7.67. The molecule has 1 aromatic rings. The standard InChI is InChI=1S/C18H24N2O4/c19-18(15-7-12-6-13(9-15)10-16(18)8-12)14-2-1-3-17(11-14)23-4-5-24-20(21)22/h1-3,11-13,15-16H,4-10,19H2. The van der Waals surface area contributed by atoms with Gasteiger partial charge in [0.1, 0.15) is 19.0 Å². The van der Waals surface area contributed by atoms with Gasteiger partial charge in [-0.2, -0.15) is 0 Å². The van der Waals surface area contributed by atoms with Crippen LogP contribution in [0.3, 0.4) is 0 Å². The Bertz CT molecular complexity index is 605. The largest absolute Gasteiger partial charge is 0.492 e. The lowest BCUT2D eigenvalue weighted by Gasteiger charge is -2.60. The molecule has 4 aliphatic carbocycles. The van der Waals surface area contributed by atoms with Crippen LogP contribution in [0.1, 0.15) is 37.7 Å². The lowest BCUT2D eigenvalue weighted by Crippen LogP contribution is -2.60. The summed E-state index contributed by atoms with van der Waals surface area (Å²) in [6.45, 7) is 0.0820. The molecular formula is C18H24N2O4. The highest BCUT2D eigenvalue weighted by molar-refractivity contribution is 5.36. The average Bonchev–Trinajstić information content (AvgIpc) is 2.56. The molecule has 0 atom stereocenters. The number of benzene rings is 1. The number of nitrogens with two attached hydrogens (primary N) is 1. The first kappa shape index (κ1) is 15.7. The van der Waals surface area contributed by atoms with Crippen molar-refractivity contribution >= 4 is 0 Å². The number of hydrogen-bond acceptors (Lipinski definition) is 5. The van der Waals surface area contributed by atoms with E-state index in [0.717, 1.165) is 17.4 Å². The van der Waals surface area contributed by atoms with Crippen LogP contribution in [0.2, 0.25) is 0 Å². The molecule has 0 saturated heterocycles. The second-order valence-electron chi connectivity index (χ2n) is 7.67. The van der Waals surface area contributed by atoms with E-state index >= 15 is 0 Å².